The van der Waals surface area contributed by atoms with E-state index in [2.05, 4.69) is 0 Å². The van der Waals surface area contributed by atoms with Crippen LogP contribution in [0.1, 0.15) is 31.7 Å². The van der Waals surface area contributed by atoms with Gasteiger partial charge >= 0.3 is 6.03 Å². The first-order valence-electron chi connectivity index (χ1n) is 10.6. The van der Waals surface area contributed by atoms with E-state index in [9.17, 15) is 14.4 Å². The number of carbonyl (C=O) groups excluding carboxylic acids is 3. The zero-order valence-electron chi connectivity index (χ0n) is 17.8. The van der Waals surface area contributed by atoms with Crippen molar-refractivity contribution in [3.63, 3.8) is 0 Å². The number of urea groups is 1. The average Bonchev–Trinajstić information content (AvgIpc) is 2.95. The fourth-order valence-corrected chi connectivity index (χ4v) is 4.22. The molecular formula is C22H31N3O5. The molecule has 0 bridgehead atoms. The molecular weight excluding hydrogens is 386 g/mol. The molecule has 0 aromatic heterocycles. The summed E-state index contributed by atoms with van der Waals surface area (Å²) in [5, 5.41) is 0. The summed E-state index contributed by atoms with van der Waals surface area (Å²) in [7, 11) is 1.55. The number of amides is 4. The summed E-state index contributed by atoms with van der Waals surface area (Å²) >= 11 is 0. The molecule has 2 aliphatic rings. The smallest absolute Gasteiger partial charge is 0.328 e. The number of ether oxygens (including phenoxy) is 2. The van der Waals surface area contributed by atoms with Gasteiger partial charge in [0.15, 0.2) is 0 Å². The first-order chi connectivity index (χ1) is 14.5. The van der Waals surface area contributed by atoms with Crippen LogP contribution in [0.15, 0.2) is 30.3 Å². The first kappa shape index (κ1) is 22.2. The number of benzene rings is 1. The summed E-state index contributed by atoms with van der Waals surface area (Å²) in [5.74, 6) is -0.150. The van der Waals surface area contributed by atoms with Crippen LogP contribution >= 0.6 is 0 Å². The number of hydrogen-bond donors (Lipinski definition) is 0. The molecule has 0 radical (unpaired) electrons. The molecule has 2 heterocycles. The minimum absolute atomic E-state index is 0.0286. The summed E-state index contributed by atoms with van der Waals surface area (Å²) in [6.45, 7) is 4.69. The highest BCUT2D eigenvalue weighted by atomic mass is 16.5. The second-order valence-corrected chi connectivity index (χ2v) is 7.66. The van der Waals surface area contributed by atoms with Crippen LogP contribution in [-0.2, 0) is 25.6 Å². The Kier molecular flexibility index (Phi) is 7.44. The van der Waals surface area contributed by atoms with Gasteiger partial charge in [0.25, 0.3) is 5.91 Å². The molecule has 3 rings (SSSR count). The monoisotopic (exact) mass is 417 g/mol. The van der Waals surface area contributed by atoms with Gasteiger partial charge in [-0.05, 0) is 25.3 Å². The largest absolute Gasteiger partial charge is 0.383 e. The third-order valence-corrected chi connectivity index (χ3v) is 5.93. The van der Waals surface area contributed by atoms with Crippen molar-refractivity contribution in [3.05, 3.63) is 35.9 Å². The molecule has 0 unspecified atom stereocenters. The van der Waals surface area contributed by atoms with Gasteiger partial charge in [0.1, 0.15) is 5.54 Å². The van der Waals surface area contributed by atoms with Crippen LogP contribution in [0.2, 0.25) is 0 Å². The number of piperidine rings is 1. The van der Waals surface area contributed by atoms with Gasteiger partial charge in [0.05, 0.1) is 26.2 Å². The van der Waals surface area contributed by atoms with Gasteiger partial charge in [-0.2, -0.15) is 0 Å². The third-order valence-electron chi connectivity index (χ3n) is 5.93. The Morgan fingerprint density at radius 1 is 1.10 bits per heavy atom. The minimum atomic E-state index is -0.905. The number of methoxy groups -OCH3 is 1. The van der Waals surface area contributed by atoms with Crippen LogP contribution < -0.4 is 0 Å². The molecule has 30 heavy (non-hydrogen) atoms. The number of carbonyl (C=O) groups is 3. The fraction of sp³-hybridized carbons (Fsp3) is 0.591. The Bertz CT molecular complexity index is 746. The molecule has 8 nitrogen and oxygen atoms in total. The molecule has 164 valence electrons. The standard InChI is InChI=1S/C22H31N3O5/c1-3-30-15-9-19(26)23-12-10-22(11-13-23)20(27)24(14-16-29-2)21(28)25(22)17-18-7-5-4-6-8-18/h4-8H,3,9-17H2,1-2H3. The lowest BCUT2D eigenvalue weighted by Crippen LogP contribution is -2.57. The summed E-state index contributed by atoms with van der Waals surface area (Å²) in [4.78, 5) is 43.8. The maximum Gasteiger partial charge on any atom is 0.328 e. The van der Waals surface area contributed by atoms with E-state index in [4.69, 9.17) is 9.47 Å². The SMILES string of the molecule is CCOCCC(=O)N1CCC2(CC1)C(=O)N(CCOC)C(=O)N2Cc1ccccc1. The predicted molar refractivity (Wildman–Crippen MR) is 111 cm³/mol. The fourth-order valence-electron chi connectivity index (χ4n) is 4.22. The Labute approximate surface area is 177 Å². The molecule has 1 spiro atoms. The van der Waals surface area contributed by atoms with Crippen LogP contribution in [0.25, 0.3) is 0 Å². The lowest BCUT2D eigenvalue weighted by atomic mass is 9.85. The van der Waals surface area contributed by atoms with Crippen LogP contribution in [0.4, 0.5) is 4.79 Å². The Morgan fingerprint density at radius 2 is 1.80 bits per heavy atom. The van der Waals surface area contributed by atoms with Crippen LogP contribution in [0.5, 0.6) is 0 Å². The van der Waals surface area contributed by atoms with Gasteiger partial charge in [-0.15, -0.1) is 0 Å². The molecule has 1 aromatic carbocycles. The van der Waals surface area contributed by atoms with Gasteiger partial charge in [-0.3, -0.25) is 14.5 Å². The van der Waals surface area contributed by atoms with E-state index in [1.165, 1.54) is 4.90 Å². The lowest BCUT2D eigenvalue weighted by Gasteiger charge is -2.42. The molecule has 8 heteroatoms. The molecule has 0 atom stereocenters. The Balaban J connectivity index is 1.76. The zero-order valence-corrected chi connectivity index (χ0v) is 17.8. The lowest BCUT2D eigenvalue weighted by molar-refractivity contribution is -0.141. The van der Waals surface area contributed by atoms with E-state index < -0.39 is 5.54 Å². The number of hydrogen-bond acceptors (Lipinski definition) is 5. The Hall–Kier alpha value is -2.45. The summed E-state index contributed by atoms with van der Waals surface area (Å²) in [6, 6.07) is 9.40. The van der Waals surface area contributed by atoms with E-state index in [0.29, 0.717) is 58.7 Å². The second kappa shape index (κ2) is 10.0. The quantitative estimate of drug-likeness (QED) is 0.453. The second-order valence-electron chi connectivity index (χ2n) is 7.66. The molecule has 1 aromatic rings. The average molecular weight is 418 g/mol. The van der Waals surface area contributed by atoms with Crippen LogP contribution in [0, 0.1) is 0 Å². The first-order valence-corrected chi connectivity index (χ1v) is 10.6. The number of likely N-dealkylation sites (tertiary alicyclic amines) is 1. The Morgan fingerprint density at radius 3 is 2.43 bits per heavy atom. The molecule has 2 aliphatic heterocycles. The minimum Gasteiger partial charge on any atom is -0.383 e. The van der Waals surface area contributed by atoms with Crippen molar-refractivity contribution in [1.82, 2.24) is 14.7 Å². The molecule has 0 aliphatic carbocycles. The van der Waals surface area contributed by atoms with Crippen molar-refractivity contribution in [1.29, 1.82) is 0 Å². The molecule has 2 saturated heterocycles. The van der Waals surface area contributed by atoms with Crippen molar-refractivity contribution in [2.24, 2.45) is 0 Å². The summed E-state index contributed by atoms with van der Waals surface area (Å²) in [5.41, 5.74) is 0.0685. The number of nitrogens with zero attached hydrogens (tertiary/aromatic N) is 3. The van der Waals surface area contributed by atoms with E-state index in [0.717, 1.165) is 5.56 Å². The van der Waals surface area contributed by atoms with Crippen molar-refractivity contribution in [3.8, 4) is 0 Å². The van der Waals surface area contributed by atoms with E-state index in [1.807, 2.05) is 37.3 Å². The van der Waals surface area contributed by atoms with Crippen molar-refractivity contribution in [2.75, 3.05) is 46.6 Å². The third kappa shape index (κ3) is 4.49. The van der Waals surface area contributed by atoms with E-state index in [1.54, 1.807) is 16.9 Å². The van der Waals surface area contributed by atoms with Gasteiger partial charge < -0.3 is 19.3 Å². The normalized spacial score (nSPS) is 18.5. The van der Waals surface area contributed by atoms with Crippen molar-refractivity contribution in [2.45, 2.75) is 38.3 Å². The molecule has 0 N–H and O–H groups in total. The highest BCUT2D eigenvalue weighted by Crippen LogP contribution is 2.38. The van der Waals surface area contributed by atoms with Gasteiger partial charge in [-0.1, -0.05) is 30.3 Å². The van der Waals surface area contributed by atoms with Gasteiger partial charge in [0, 0.05) is 33.4 Å². The molecule has 0 saturated carbocycles. The number of imide groups is 1. The predicted octanol–water partition coefficient (Wildman–Crippen LogP) is 1.89. The zero-order chi connectivity index (χ0) is 21.6. The highest BCUT2D eigenvalue weighted by molar-refractivity contribution is 6.07. The van der Waals surface area contributed by atoms with E-state index >= 15 is 0 Å². The number of rotatable bonds is 9. The summed E-state index contributed by atoms with van der Waals surface area (Å²) < 4.78 is 10.4. The van der Waals surface area contributed by atoms with Crippen molar-refractivity contribution < 1.29 is 23.9 Å². The topological polar surface area (TPSA) is 79.4 Å². The van der Waals surface area contributed by atoms with Crippen LogP contribution in [0.3, 0.4) is 0 Å². The van der Waals surface area contributed by atoms with Gasteiger partial charge in [0.2, 0.25) is 5.91 Å². The maximum atomic E-state index is 13.4. The molecule has 4 amide bonds. The van der Waals surface area contributed by atoms with E-state index in [-0.39, 0.29) is 24.4 Å². The van der Waals surface area contributed by atoms with Crippen molar-refractivity contribution >= 4 is 17.8 Å². The maximum absolute atomic E-state index is 13.4. The summed E-state index contributed by atoms with van der Waals surface area (Å²) in [6.07, 6.45) is 1.21. The highest BCUT2D eigenvalue weighted by Gasteiger charge is 2.57. The van der Waals surface area contributed by atoms with Gasteiger partial charge in [-0.25, -0.2) is 4.79 Å². The van der Waals surface area contributed by atoms with Crippen LogP contribution in [-0.4, -0.2) is 84.6 Å². The molecule has 2 fully saturated rings.